The van der Waals surface area contributed by atoms with Crippen molar-refractivity contribution >= 4 is 39.0 Å². The Kier molecular flexibility index (Phi) is 5.79. The van der Waals surface area contributed by atoms with Crippen molar-refractivity contribution in [1.29, 1.82) is 0 Å². The Bertz CT molecular complexity index is 1500. The Labute approximate surface area is 211 Å². The minimum absolute atomic E-state index is 0.102. The third-order valence-corrected chi connectivity index (χ3v) is 8.07. The maximum Gasteiger partial charge on any atom is 0.290 e. The van der Waals surface area contributed by atoms with E-state index in [2.05, 4.69) is 14.9 Å². The lowest BCUT2D eigenvalue weighted by atomic mass is 9.95. The normalized spacial score (nSPS) is 19.2. The van der Waals surface area contributed by atoms with Crippen molar-refractivity contribution in [2.75, 3.05) is 39.4 Å². The first kappa shape index (κ1) is 22.8. The average molecular weight is 504 g/mol. The minimum atomic E-state index is -0.695. The van der Waals surface area contributed by atoms with E-state index >= 15 is 0 Å². The number of nitrogens with zero attached hydrogens (tertiary/aromatic N) is 5. The van der Waals surface area contributed by atoms with Crippen LogP contribution in [0, 0.1) is 6.92 Å². The highest BCUT2D eigenvalue weighted by Crippen LogP contribution is 2.40. The van der Waals surface area contributed by atoms with Crippen molar-refractivity contribution in [1.82, 2.24) is 24.2 Å². The van der Waals surface area contributed by atoms with E-state index < -0.39 is 17.7 Å². The van der Waals surface area contributed by atoms with Gasteiger partial charge >= 0.3 is 0 Å². The maximum atomic E-state index is 14.0. The summed E-state index contributed by atoms with van der Waals surface area (Å²) in [5.74, 6) is -1.37. The quantitative estimate of drug-likeness (QED) is 0.404. The lowest BCUT2D eigenvalue weighted by molar-refractivity contribution is -0.129. The number of morpholine rings is 1. The number of Topliss-reactive ketones (excluding diaryl/α,β-unsaturated/α-hetero) is 1. The molecule has 0 bridgehead atoms. The maximum absolute atomic E-state index is 14.0. The molecule has 1 fully saturated rings. The van der Waals surface area contributed by atoms with Crippen molar-refractivity contribution in [2.24, 2.45) is 0 Å². The summed E-state index contributed by atoms with van der Waals surface area (Å²) in [6.07, 6.45) is 3.27. The van der Waals surface area contributed by atoms with E-state index in [1.54, 1.807) is 29.4 Å². The Hall–Kier alpha value is -3.60. The van der Waals surface area contributed by atoms with Crippen LogP contribution in [-0.4, -0.2) is 80.4 Å². The second-order valence-electron chi connectivity index (χ2n) is 8.96. The number of ether oxygens (including phenoxy) is 1. The second-order valence-corrected chi connectivity index (χ2v) is 9.94. The fourth-order valence-corrected chi connectivity index (χ4v) is 6.17. The molecule has 1 unspecified atom stereocenters. The molecule has 0 aliphatic carbocycles. The van der Waals surface area contributed by atoms with Gasteiger partial charge in [0.15, 0.2) is 10.7 Å². The van der Waals surface area contributed by atoms with E-state index in [0.717, 1.165) is 35.4 Å². The van der Waals surface area contributed by atoms with Gasteiger partial charge in [-0.1, -0.05) is 23.5 Å². The second kappa shape index (κ2) is 9.12. The van der Waals surface area contributed by atoms with E-state index in [0.29, 0.717) is 36.1 Å². The van der Waals surface area contributed by atoms with Gasteiger partial charge in [-0.25, -0.2) is 4.98 Å². The van der Waals surface area contributed by atoms with E-state index in [-0.39, 0.29) is 11.4 Å². The van der Waals surface area contributed by atoms with Gasteiger partial charge in [-0.05, 0) is 36.8 Å². The Morgan fingerprint density at radius 2 is 1.89 bits per heavy atom. The highest BCUT2D eigenvalue weighted by Gasteiger charge is 2.44. The van der Waals surface area contributed by atoms with Crippen LogP contribution in [0.15, 0.2) is 60.1 Å². The third-order valence-electron chi connectivity index (χ3n) is 6.92. The number of ketones is 1. The van der Waals surface area contributed by atoms with Crippen LogP contribution in [0.5, 0.6) is 0 Å². The van der Waals surface area contributed by atoms with Gasteiger partial charge in [0.2, 0.25) is 5.78 Å². The third kappa shape index (κ3) is 3.69. The highest BCUT2D eigenvalue weighted by molar-refractivity contribution is 7.19. The Balaban J connectivity index is 1.39. The molecule has 2 aliphatic heterocycles. The number of fused-ring (bicyclic) bond motifs is 3. The molecule has 3 aromatic heterocycles. The molecular weight excluding hydrogens is 478 g/mol. The first-order valence-corrected chi connectivity index (χ1v) is 12.7. The summed E-state index contributed by atoms with van der Waals surface area (Å²) in [5.41, 5.74) is 3.34. The van der Waals surface area contributed by atoms with Gasteiger partial charge in [0.25, 0.3) is 5.91 Å². The van der Waals surface area contributed by atoms with E-state index in [9.17, 15) is 14.7 Å². The number of rotatable bonds is 6. The van der Waals surface area contributed by atoms with Crippen molar-refractivity contribution in [3.63, 3.8) is 0 Å². The van der Waals surface area contributed by atoms with Crippen LogP contribution < -0.4 is 0 Å². The minimum Gasteiger partial charge on any atom is -0.503 e. The summed E-state index contributed by atoms with van der Waals surface area (Å²) in [6, 6.07) is 10.6. The Morgan fingerprint density at radius 1 is 1.14 bits per heavy atom. The van der Waals surface area contributed by atoms with Gasteiger partial charge in [0.1, 0.15) is 0 Å². The first-order chi connectivity index (χ1) is 17.5. The summed E-state index contributed by atoms with van der Waals surface area (Å²) >= 11 is 1.28. The number of aromatic nitrogens is 3. The van der Waals surface area contributed by atoms with Crippen molar-refractivity contribution in [2.45, 2.75) is 13.0 Å². The predicted molar refractivity (Wildman–Crippen MR) is 135 cm³/mol. The Morgan fingerprint density at radius 3 is 2.67 bits per heavy atom. The van der Waals surface area contributed by atoms with Gasteiger partial charge in [-0.3, -0.25) is 23.9 Å². The molecule has 1 N–H and O–H groups in total. The van der Waals surface area contributed by atoms with E-state index in [4.69, 9.17) is 4.74 Å². The number of thiazole rings is 1. The molecule has 5 heterocycles. The number of carbonyl (C=O) groups is 2. The number of amides is 1. The van der Waals surface area contributed by atoms with Crippen LogP contribution in [0.25, 0.3) is 16.0 Å². The molecule has 10 heteroatoms. The molecule has 0 spiro atoms. The standard InChI is InChI=1S/C26H25N5O4S/c1-16-24(36-26-28-18-4-2-3-5-19(18)31(16)26)22(32)20-21(17-6-8-27-9-7-17)30(25(34)23(20)33)11-10-29-12-14-35-15-13-29/h2-9,21,33H,10-15H2,1H3. The SMILES string of the molecule is Cc1c(C(=O)C2=C(O)C(=O)N(CCN3CCOCC3)C2c2ccncc2)sc2nc3ccccc3n12. The van der Waals surface area contributed by atoms with Crippen molar-refractivity contribution in [3.05, 3.63) is 76.3 Å². The number of hydrogen-bond donors (Lipinski definition) is 1. The zero-order valence-electron chi connectivity index (χ0n) is 19.8. The van der Waals surface area contributed by atoms with E-state index in [1.807, 2.05) is 35.6 Å². The largest absolute Gasteiger partial charge is 0.503 e. The molecule has 4 aromatic rings. The van der Waals surface area contributed by atoms with Gasteiger partial charge in [0.05, 0.1) is 40.7 Å². The summed E-state index contributed by atoms with van der Waals surface area (Å²) < 4.78 is 7.38. The number of aryl methyl sites for hydroxylation is 1. The number of aliphatic hydroxyl groups is 1. The molecule has 6 rings (SSSR count). The van der Waals surface area contributed by atoms with Crippen LogP contribution in [0.1, 0.15) is 27.0 Å². The van der Waals surface area contributed by atoms with Crippen LogP contribution in [0.4, 0.5) is 0 Å². The zero-order chi connectivity index (χ0) is 24.8. The summed E-state index contributed by atoms with van der Waals surface area (Å²) in [6.45, 7) is 5.76. The smallest absolute Gasteiger partial charge is 0.290 e. The molecule has 36 heavy (non-hydrogen) atoms. The lowest BCUT2D eigenvalue weighted by Gasteiger charge is -2.31. The monoisotopic (exact) mass is 503 g/mol. The summed E-state index contributed by atoms with van der Waals surface area (Å²) in [7, 11) is 0. The van der Waals surface area contributed by atoms with Crippen LogP contribution >= 0.6 is 11.3 Å². The van der Waals surface area contributed by atoms with Gasteiger partial charge in [-0.15, -0.1) is 0 Å². The molecule has 9 nitrogen and oxygen atoms in total. The lowest BCUT2D eigenvalue weighted by Crippen LogP contribution is -2.43. The van der Waals surface area contributed by atoms with Gasteiger partial charge in [-0.2, -0.15) is 0 Å². The van der Waals surface area contributed by atoms with Gasteiger partial charge < -0.3 is 14.7 Å². The number of benzene rings is 1. The number of pyridine rings is 1. The molecule has 0 radical (unpaired) electrons. The first-order valence-electron chi connectivity index (χ1n) is 11.9. The van der Waals surface area contributed by atoms with E-state index in [1.165, 1.54) is 11.3 Å². The molecule has 1 amide bonds. The fourth-order valence-electron chi connectivity index (χ4n) is 5.08. The molecule has 1 atom stereocenters. The average Bonchev–Trinajstić information content (AvgIpc) is 3.52. The van der Waals surface area contributed by atoms with Gasteiger partial charge in [0, 0.05) is 44.3 Å². The summed E-state index contributed by atoms with van der Waals surface area (Å²) in [4.78, 5) is 41.0. The number of imidazole rings is 1. The summed E-state index contributed by atoms with van der Waals surface area (Å²) in [5, 5.41) is 11.0. The molecule has 1 aromatic carbocycles. The number of para-hydroxylation sites is 2. The molecular formula is C26H25N5O4S. The predicted octanol–water partition coefficient (Wildman–Crippen LogP) is 3.16. The molecule has 184 valence electrons. The number of aliphatic hydroxyl groups excluding tert-OH is 1. The van der Waals surface area contributed by atoms with Crippen molar-refractivity contribution in [3.8, 4) is 0 Å². The molecule has 1 saturated heterocycles. The van der Waals surface area contributed by atoms with Crippen LogP contribution in [0.3, 0.4) is 0 Å². The zero-order valence-corrected chi connectivity index (χ0v) is 20.6. The molecule has 2 aliphatic rings. The fraction of sp³-hybridized carbons (Fsp3) is 0.308. The highest BCUT2D eigenvalue weighted by atomic mass is 32.1. The van der Waals surface area contributed by atoms with Crippen molar-refractivity contribution < 1.29 is 19.4 Å². The molecule has 0 saturated carbocycles. The topological polar surface area (TPSA) is 100 Å². The number of carbonyl (C=O) groups excluding carboxylic acids is 2. The van der Waals surface area contributed by atoms with Crippen LogP contribution in [0.2, 0.25) is 0 Å². The number of hydrogen-bond acceptors (Lipinski definition) is 8. The van der Waals surface area contributed by atoms with Crippen LogP contribution in [-0.2, 0) is 9.53 Å².